The van der Waals surface area contributed by atoms with Crippen molar-refractivity contribution in [1.29, 1.82) is 0 Å². The number of nitrogens with two attached hydrogens (primary N) is 1. The highest BCUT2D eigenvalue weighted by Gasteiger charge is 2.14. The van der Waals surface area contributed by atoms with Crippen LogP contribution in [0, 0.1) is 0 Å². The fourth-order valence-corrected chi connectivity index (χ4v) is 2.61. The molecule has 0 radical (unpaired) electrons. The molecule has 5 heteroatoms. The number of nitrogen functional groups attached to an aromatic ring is 1. The lowest BCUT2D eigenvalue weighted by Crippen LogP contribution is -1.94. The molecule has 0 bridgehead atoms. The number of pyridine rings is 1. The topological polar surface area (TPSA) is 64.9 Å². The Labute approximate surface area is 115 Å². The SMILES string of the molecule is CCSc1ccc(N)nc1-c1nc2ccccc2o1. The maximum absolute atomic E-state index is 5.77. The number of nitrogens with zero attached hydrogens (tertiary/aromatic N) is 2. The summed E-state index contributed by atoms with van der Waals surface area (Å²) in [4.78, 5) is 9.86. The second-order valence-corrected chi connectivity index (χ2v) is 5.31. The average molecular weight is 271 g/mol. The Morgan fingerprint density at radius 2 is 2.00 bits per heavy atom. The monoisotopic (exact) mass is 271 g/mol. The number of oxazole rings is 1. The zero-order valence-electron chi connectivity index (χ0n) is 10.5. The molecule has 3 aromatic rings. The zero-order chi connectivity index (χ0) is 13.2. The Kier molecular flexibility index (Phi) is 3.13. The molecule has 4 nitrogen and oxygen atoms in total. The fourth-order valence-electron chi connectivity index (χ4n) is 1.86. The summed E-state index contributed by atoms with van der Waals surface area (Å²) in [5.41, 5.74) is 8.06. The minimum absolute atomic E-state index is 0.470. The molecular formula is C14H13N3OS. The van der Waals surface area contributed by atoms with Gasteiger partial charge in [0.1, 0.15) is 17.0 Å². The fraction of sp³-hybridized carbons (Fsp3) is 0.143. The van der Waals surface area contributed by atoms with Gasteiger partial charge in [-0.05, 0) is 30.0 Å². The first-order valence-electron chi connectivity index (χ1n) is 6.03. The van der Waals surface area contributed by atoms with Crippen molar-refractivity contribution in [2.75, 3.05) is 11.5 Å². The van der Waals surface area contributed by atoms with E-state index < -0.39 is 0 Å². The van der Waals surface area contributed by atoms with Gasteiger partial charge in [0, 0.05) is 4.90 Å². The summed E-state index contributed by atoms with van der Waals surface area (Å²) in [6.07, 6.45) is 0. The lowest BCUT2D eigenvalue weighted by atomic mass is 10.3. The summed E-state index contributed by atoms with van der Waals surface area (Å²) >= 11 is 1.70. The van der Waals surface area contributed by atoms with Crippen molar-refractivity contribution in [2.45, 2.75) is 11.8 Å². The van der Waals surface area contributed by atoms with Crippen molar-refractivity contribution >= 4 is 28.7 Å². The van der Waals surface area contributed by atoms with Gasteiger partial charge in [-0.15, -0.1) is 11.8 Å². The van der Waals surface area contributed by atoms with Crippen LogP contribution in [0.5, 0.6) is 0 Å². The highest BCUT2D eigenvalue weighted by Crippen LogP contribution is 2.31. The van der Waals surface area contributed by atoms with Gasteiger partial charge in [0.25, 0.3) is 0 Å². The second-order valence-electron chi connectivity index (χ2n) is 4.00. The number of benzene rings is 1. The van der Waals surface area contributed by atoms with Crippen molar-refractivity contribution in [1.82, 2.24) is 9.97 Å². The maximum Gasteiger partial charge on any atom is 0.247 e. The normalized spacial score (nSPS) is 11.0. The van der Waals surface area contributed by atoms with E-state index >= 15 is 0 Å². The Bertz CT molecular complexity index is 691. The van der Waals surface area contributed by atoms with Gasteiger partial charge in [-0.2, -0.15) is 0 Å². The quantitative estimate of drug-likeness (QED) is 0.737. The zero-order valence-corrected chi connectivity index (χ0v) is 11.3. The molecule has 19 heavy (non-hydrogen) atoms. The van der Waals surface area contributed by atoms with Gasteiger partial charge >= 0.3 is 0 Å². The summed E-state index contributed by atoms with van der Waals surface area (Å²) in [7, 11) is 0. The van der Waals surface area contributed by atoms with E-state index in [0.29, 0.717) is 17.4 Å². The van der Waals surface area contributed by atoms with E-state index in [1.165, 1.54) is 0 Å². The molecule has 1 aromatic carbocycles. The van der Waals surface area contributed by atoms with Crippen LogP contribution in [0.3, 0.4) is 0 Å². The Balaban J connectivity index is 2.16. The van der Waals surface area contributed by atoms with Crippen LogP contribution in [0.2, 0.25) is 0 Å². The first-order valence-corrected chi connectivity index (χ1v) is 7.01. The molecule has 0 unspecified atom stereocenters. The first kappa shape index (κ1) is 12.0. The number of hydrogen-bond acceptors (Lipinski definition) is 5. The number of hydrogen-bond donors (Lipinski definition) is 1. The smallest absolute Gasteiger partial charge is 0.247 e. The molecular weight excluding hydrogens is 258 g/mol. The lowest BCUT2D eigenvalue weighted by molar-refractivity contribution is 0.615. The number of thioether (sulfide) groups is 1. The van der Waals surface area contributed by atoms with Gasteiger partial charge in [0.2, 0.25) is 5.89 Å². The molecule has 2 aromatic heterocycles. The number of fused-ring (bicyclic) bond motifs is 1. The van der Waals surface area contributed by atoms with Crippen LogP contribution < -0.4 is 5.73 Å². The molecule has 2 N–H and O–H groups in total. The highest BCUT2D eigenvalue weighted by molar-refractivity contribution is 7.99. The Morgan fingerprint density at radius 3 is 2.79 bits per heavy atom. The Hall–Kier alpha value is -2.01. The van der Waals surface area contributed by atoms with Gasteiger partial charge < -0.3 is 10.2 Å². The van der Waals surface area contributed by atoms with Gasteiger partial charge in [-0.1, -0.05) is 19.1 Å². The standard InChI is InChI=1S/C14H13N3OS/c1-2-19-11-7-8-12(15)17-13(11)14-16-9-5-3-4-6-10(9)18-14/h3-8H,2H2,1H3,(H2,15,17). The third-order valence-electron chi connectivity index (χ3n) is 2.68. The molecule has 0 spiro atoms. The third-order valence-corrected chi connectivity index (χ3v) is 3.61. The molecule has 0 saturated carbocycles. The number of aromatic nitrogens is 2. The van der Waals surface area contributed by atoms with Crippen molar-refractivity contribution in [3.05, 3.63) is 36.4 Å². The van der Waals surface area contributed by atoms with Crippen LogP contribution in [-0.4, -0.2) is 15.7 Å². The molecule has 0 atom stereocenters. The Morgan fingerprint density at radius 1 is 1.16 bits per heavy atom. The largest absolute Gasteiger partial charge is 0.435 e. The maximum atomic E-state index is 5.77. The van der Waals surface area contributed by atoms with Gasteiger partial charge in [-0.25, -0.2) is 9.97 Å². The van der Waals surface area contributed by atoms with Gasteiger partial charge in [-0.3, -0.25) is 0 Å². The molecule has 0 aliphatic carbocycles. The van der Waals surface area contributed by atoms with Crippen molar-refractivity contribution in [3.63, 3.8) is 0 Å². The van der Waals surface area contributed by atoms with Crippen LogP contribution in [0.4, 0.5) is 5.82 Å². The summed E-state index contributed by atoms with van der Waals surface area (Å²) in [5.74, 6) is 1.95. The van der Waals surface area contributed by atoms with Crippen molar-refractivity contribution in [2.24, 2.45) is 0 Å². The summed E-state index contributed by atoms with van der Waals surface area (Å²) in [6, 6.07) is 11.4. The number of para-hydroxylation sites is 2. The van der Waals surface area contributed by atoms with Gasteiger partial charge in [0.15, 0.2) is 5.58 Å². The van der Waals surface area contributed by atoms with E-state index in [0.717, 1.165) is 21.7 Å². The molecule has 0 amide bonds. The van der Waals surface area contributed by atoms with Crippen LogP contribution in [0.25, 0.3) is 22.7 Å². The minimum Gasteiger partial charge on any atom is -0.435 e. The van der Waals surface area contributed by atoms with Crippen molar-refractivity contribution < 1.29 is 4.42 Å². The molecule has 0 fully saturated rings. The van der Waals surface area contributed by atoms with E-state index in [1.54, 1.807) is 17.8 Å². The van der Waals surface area contributed by atoms with E-state index in [1.807, 2.05) is 30.3 Å². The summed E-state index contributed by atoms with van der Waals surface area (Å²) in [6.45, 7) is 2.09. The van der Waals surface area contributed by atoms with E-state index in [-0.39, 0.29) is 0 Å². The molecule has 0 aliphatic heterocycles. The van der Waals surface area contributed by atoms with Crippen LogP contribution in [-0.2, 0) is 0 Å². The average Bonchev–Trinajstić information content (AvgIpc) is 2.84. The van der Waals surface area contributed by atoms with E-state index in [9.17, 15) is 0 Å². The van der Waals surface area contributed by atoms with Crippen LogP contribution >= 0.6 is 11.8 Å². The second kappa shape index (κ2) is 4.93. The van der Waals surface area contributed by atoms with E-state index in [2.05, 4.69) is 16.9 Å². The predicted octanol–water partition coefficient (Wildman–Crippen LogP) is 3.58. The third kappa shape index (κ3) is 2.29. The first-order chi connectivity index (χ1) is 9.28. The molecule has 96 valence electrons. The molecule has 0 aliphatic rings. The lowest BCUT2D eigenvalue weighted by Gasteiger charge is -2.04. The van der Waals surface area contributed by atoms with Crippen LogP contribution in [0.1, 0.15) is 6.92 Å². The minimum atomic E-state index is 0.470. The molecule has 3 rings (SSSR count). The number of rotatable bonds is 3. The summed E-state index contributed by atoms with van der Waals surface area (Å²) < 4.78 is 5.75. The number of anilines is 1. The highest BCUT2D eigenvalue weighted by atomic mass is 32.2. The molecule has 0 saturated heterocycles. The molecule has 2 heterocycles. The predicted molar refractivity (Wildman–Crippen MR) is 78.1 cm³/mol. The van der Waals surface area contributed by atoms with Crippen LogP contribution in [0.15, 0.2) is 45.7 Å². The van der Waals surface area contributed by atoms with Gasteiger partial charge in [0.05, 0.1) is 0 Å². The van der Waals surface area contributed by atoms with Crippen molar-refractivity contribution in [3.8, 4) is 11.6 Å². The van der Waals surface area contributed by atoms with E-state index in [4.69, 9.17) is 10.2 Å². The summed E-state index contributed by atoms with van der Waals surface area (Å²) in [5, 5.41) is 0.